The number of hydrogen-bond acceptors (Lipinski definition) is 6. The van der Waals surface area contributed by atoms with Gasteiger partial charge in [-0.3, -0.25) is 19.3 Å². The van der Waals surface area contributed by atoms with Gasteiger partial charge < -0.3 is 20.1 Å². The zero-order valence-corrected chi connectivity index (χ0v) is 17.2. The van der Waals surface area contributed by atoms with Gasteiger partial charge in [0.05, 0.1) is 13.5 Å². The molecule has 9 nitrogen and oxygen atoms in total. The number of nitrogens with one attached hydrogen (secondary N) is 2. The zero-order valence-electron chi connectivity index (χ0n) is 17.2. The molecule has 4 amide bonds. The number of esters is 1. The topological polar surface area (TPSA) is 114 Å². The molecule has 1 aliphatic heterocycles. The van der Waals surface area contributed by atoms with E-state index < -0.39 is 29.6 Å². The lowest BCUT2D eigenvalue weighted by Crippen LogP contribution is -2.44. The first-order valence-corrected chi connectivity index (χ1v) is 10.1. The SMILES string of the molecule is COc1ccc(CNC(=O)[C@H](C)OC(=O)CCN2C(=O)NC3(CCCC3)C2=O)cc1. The number of hydrogen-bond donors (Lipinski definition) is 2. The average Bonchev–Trinajstić information content (AvgIpc) is 3.30. The van der Waals surface area contributed by atoms with Crippen LogP contribution in [-0.4, -0.2) is 54.0 Å². The number of urea groups is 1. The highest BCUT2D eigenvalue weighted by Gasteiger charge is 2.52. The monoisotopic (exact) mass is 417 g/mol. The molecule has 1 aromatic carbocycles. The van der Waals surface area contributed by atoms with Crippen LogP contribution in [0.5, 0.6) is 5.75 Å². The Bertz CT molecular complexity index is 817. The van der Waals surface area contributed by atoms with Crippen LogP contribution >= 0.6 is 0 Å². The molecule has 9 heteroatoms. The van der Waals surface area contributed by atoms with Crippen LogP contribution in [0.15, 0.2) is 24.3 Å². The second-order valence-electron chi connectivity index (χ2n) is 7.62. The second kappa shape index (κ2) is 9.15. The van der Waals surface area contributed by atoms with E-state index >= 15 is 0 Å². The number of carbonyl (C=O) groups excluding carboxylic acids is 4. The normalized spacial score (nSPS) is 18.3. The minimum atomic E-state index is -0.986. The summed E-state index contributed by atoms with van der Waals surface area (Å²) in [5.74, 6) is -0.631. The Morgan fingerprint density at radius 1 is 1.20 bits per heavy atom. The van der Waals surface area contributed by atoms with Crippen molar-refractivity contribution in [2.45, 2.75) is 57.2 Å². The van der Waals surface area contributed by atoms with Crippen LogP contribution in [0.3, 0.4) is 0 Å². The van der Waals surface area contributed by atoms with Gasteiger partial charge in [-0.1, -0.05) is 25.0 Å². The van der Waals surface area contributed by atoms with Crippen molar-refractivity contribution in [3.8, 4) is 5.75 Å². The average molecular weight is 417 g/mol. The highest BCUT2D eigenvalue weighted by atomic mass is 16.5. The molecular formula is C21H27N3O6. The number of nitrogens with zero attached hydrogens (tertiary/aromatic N) is 1. The maximum Gasteiger partial charge on any atom is 0.325 e. The molecule has 30 heavy (non-hydrogen) atoms. The third-order valence-electron chi connectivity index (χ3n) is 5.55. The van der Waals surface area contributed by atoms with Gasteiger partial charge in [0.2, 0.25) is 0 Å². The maximum absolute atomic E-state index is 12.6. The summed E-state index contributed by atoms with van der Waals surface area (Å²) < 4.78 is 10.2. The molecule has 2 aliphatic rings. The number of rotatable bonds is 8. The summed E-state index contributed by atoms with van der Waals surface area (Å²) >= 11 is 0. The first-order valence-electron chi connectivity index (χ1n) is 10.1. The van der Waals surface area contributed by atoms with Crippen molar-refractivity contribution in [3.05, 3.63) is 29.8 Å². The van der Waals surface area contributed by atoms with Crippen LogP contribution < -0.4 is 15.4 Å². The maximum atomic E-state index is 12.6. The molecule has 1 saturated carbocycles. The summed E-state index contributed by atoms with van der Waals surface area (Å²) in [6, 6.07) is 6.75. The molecule has 0 bridgehead atoms. The first kappa shape index (κ1) is 21.6. The molecule has 1 spiro atoms. The lowest BCUT2D eigenvalue weighted by Gasteiger charge is -2.20. The highest BCUT2D eigenvalue weighted by Crippen LogP contribution is 2.35. The molecular weight excluding hydrogens is 390 g/mol. The fourth-order valence-electron chi connectivity index (χ4n) is 3.79. The van der Waals surface area contributed by atoms with E-state index in [-0.39, 0.29) is 25.4 Å². The van der Waals surface area contributed by atoms with Crippen LogP contribution in [0.25, 0.3) is 0 Å². The number of carbonyl (C=O) groups is 4. The smallest absolute Gasteiger partial charge is 0.325 e. The minimum absolute atomic E-state index is 0.0641. The van der Waals surface area contributed by atoms with E-state index in [4.69, 9.17) is 9.47 Å². The van der Waals surface area contributed by atoms with Crippen molar-refractivity contribution in [1.82, 2.24) is 15.5 Å². The van der Waals surface area contributed by atoms with E-state index in [1.807, 2.05) is 12.1 Å². The number of imide groups is 1. The largest absolute Gasteiger partial charge is 0.497 e. The molecule has 2 fully saturated rings. The van der Waals surface area contributed by atoms with Crippen LogP contribution in [0, 0.1) is 0 Å². The van der Waals surface area contributed by atoms with Crippen LogP contribution in [-0.2, 0) is 25.7 Å². The second-order valence-corrected chi connectivity index (χ2v) is 7.62. The quantitative estimate of drug-likeness (QED) is 0.489. The Kier molecular flexibility index (Phi) is 6.59. The van der Waals surface area contributed by atoms with E-state index in [1.54, 1.807) is 19.2 Å². The summed E-state index contributed by atoms with van der Waals surface area (Å²) in [5, 5.41) is 5.46. The van der Waals surface area contributed by atoms with Gasteiger partial charge in [0, 0.05) is 13.1 Å². The fourth-order valence-corrected chi connectivity index (χ4v) is 3.79. The van der Waals surface area contributed by atoms with E-state index in [0.29, 0.717) is 12.8 Å². The Morgan fingerprint density at radius 2 is 1.87 bits per heavy atom. The molecule has 0 radical (unpaired) electrons. The van der Waals surface area contributed by atoms with Gasteiger partial charge in [0.15, 0.2) is 6.10 Å². The number of benzene rings is 1. The van der Waals surface area contributed by atoms with Crippen LogP contribution in [0.2, 0.25) is 0 Å². The summed E-state index contributed by atoms with van der Waals surface area (Å²) in [7, 11) is 1.58. The zero-order chi connectivity index (χ0) is 21.7. The molecule has 0 unspecified atom stereocenters. The van der Waals surface area contributed by atoms with Gasteiger partial charge in [0.1, 0.15) is 11.3 Å². The first-order chi connectivity index (χ1) is 14.3. The van der Waals surface area contributed by atoms with E-state index in [9.17, 15) is 19.2 Å². The Balaban J connectivity index is 1.42. The third kappa shape index (κ3) is 4.72. The minimum Gasteiger partial charge on any atom is -0.497 e. The van der Waals surface area contributed by atoms with Crippen molar-refractivity contribution < 1.29 is 28.7 Å². The predicted octanol–water partition coefficient (Wildman–Crippen LogP) is 1.50. The van der Waals surface area contributed by atoms with Crippen molar-refractivity contribution in [2.24, 2.45) is 0 Å². The molecule has 1 aromatic rings. The molecule has 162 valence electrons. The van der Waals surface area contributed by atoms with Gasteiger partial charge in [-0.25, -0.2) is 4.79 Å². The van der Waals surface area contributed by atoms with Crippen molar-refractivity contribution in [2.75, 3.05) is 13.7 Å². The Morgan fingerprint density at radius 3 is 2.50 bits per heavy atom. The van der Waals surface area contributed by atoms with Crippen LogP contribution in [0.1, 0.15) is 44.6 Å². The molecule has 1 atom stereocenters. The van der Waals surface area contributed by atoms with Crippen molar-refractivity contribution in [1.29, 1.82) is 0 Å². The van der Waals surface area contributed by atoms with E-state index in [2.05, 4.69) is 10.6 Å². The number of ether oxygens (including phenoxy) is 2. The van der Waals surface area contributed by atoms with Crippen molar-refractivity contribution >= 4 is 23.8 Å². The summed E-state index contributed by atoms with van der Waals surface area (Å²) in [6.07, 6.45) is 1.90. The molecule has 2 N–H and O–H groups in total. The van der Waals surface area contributed by atoms with Gasteiger partial charge in [0.25, 0.3) is 11.8 Å². The van der Waals surface area contributed by atoms with Gasteiger partial charge in [-0.15, -0.1) is 0 Å². The lowest BCUT2D eigenvalue weighted by atomic mass is 9.98. The molecule has 1 heterocycles. The molecule has 3 rings (SSSR count). The number of amides is 4. The fraction of sp³-hybridized carbons (Fsp3) is 0.524. The van der Waals surface area contributed by atoms with Gasteiger partial charge >= 0.3 is 12.0 Å². The summed E-state index contributed by atoms with van der Waals surface area (Å²) in [5.41, 5.74) is 0.0809. The van der Waals surface area contributed by atoms with E-state index in [0.717, 1.165) is 29.1 Å². The molecule has 1 saturated heterocycles. The van der Waals surface area contributed by atoms with Crippen LogP contribution in [0.4, 0.5) is 4.79 Å². The number of methoxy groups -OCH3 is 1. The Labute approximate surface area is 175 Å². The highest BCUT2D eigenvalue weighted by molar-refractivity contribution is 6.07. The third-order valence-corrected chi connectivity index (χ3v) is 5.55. The van der Waals surface area contributed by atoms with Gasteiger partial charge in [-0.2, -0.15) is 0 Å². The summed E-state index contributed by atoms with van der Waals surface area (Å²) in [4.78, 5) is 50.0. The lowest BCUT2D eigenvalue weighted by molar-refractivity contribution is -0.155. The molecule has 1 aliphatic carbocycles. The Hall–Kier alpha value is -3.10. The van der Waals surface area contributed by atoms with Gasteiger partial charge in [-0.05, 0) is 37.5 Å². The van der Waals surface area contributed by atoms with E-state index in [1.165, 1.54) is 6.92 Å². The summed E-state index contributed by atoms with van der Waals surface area (Å²) in [6.45, 7) is 1.70. The van der Waals surface area contributed by atoms with Crippen molar-refractivity contribution in [3.63, 3.8) is 0 Å². The molecule has 0 aromatic heterocycles. The standard InChI is InChI=1S/C21H27N3O6/c1-14(18(26)22-13-15-5-7-16(29-2)8-6-15)30-17(25)9-12-24-19(27)21(23-20(24)28)10-3-4-11-21/h5-8,14H,3-4,9-13H2,1-2H3,(H,22,26)(H,23,28)/t14-/m0/s1. The predicted molar refractivity (Wildman–Crippen MR) is 106 cm³/mol.